The Morgan fingerprint density at radius 1 is 0.397 bits per heavy atom. The van der Waals surface area contributed by atoms with E-state index in [4.69, 9.17) is 28.2 Å². The van der Waals surface area contributed by atoms with Gasteiger partial charge in [-0.25, -0.2) is 4.57 Å². The molecule has 702 valence electrons. The van der Waals surface area contributed by atoms with E-state index in [0.717, 1.165) is 7.11 Å². The highest BCUT2D eigenvalue weighted by atomic mass is 31.2. The monoisotopic (exact) mass is 1760 g/mol. The minimum atomic E-state index is -4.07. The lowest BCUT2D eigenvalue weighted by molar-refractivity contribution is -0.282. The second kappa shape index (κ2) is 60.7. The number of unbranched alkanes of at least 4 members (excludes halogenated alkanes) is 12. The van der Waals surface area contributed by atoms with Gasteiger partial charge in [-0.05, 0) is 148 Å². The van der Waals surface area contributed by atoms with Crippen LogP contribution < -0.4 is 37.2 Å². The Balaban J connectivity index is 1.42. The maximum absolute atomic E-state index is 14.6. The first-order valence-corrected chi connectivity index (χ1v) is 45.9. The fourth-order valence-electron chi connectivity index (χ4n) is 15.8. The first kappa shape index (κ1) is 108. The van der Waals surface area contributed by atoms with Crippen molar-refractivity contribution in [3.8, 4) is 0 Å². The third-order valence-corrected chi connectivity index (χ3v) is 24.7. The van der Waals surface area contributed by atoms with E-state index in [1.54, 1.807) is 20.8 Å². The van der Waals surface area contributed by atoms with Crippen molar-refractivity contribution in [1.82, 2.24) is 37.2 Å². The minimum Gasteiger partial charge on any atom is -0.396 e. The molecular weight excluding hydrogens is 1610 g/mol. The number of Topliss-reactive ketones (excluding diaryl/α,β-unsaturated/α-hetero) is 2. The van der Waals surface area contributed by atoms with Crippen LogP contribution in [0.15, 0.2) is 0 Å². The van der Waals surface area contributed by atoms with Crippen LogP contribution in [-0.4, -0.2) is 309 Å². The van der Waals surface area contributed by atoms with Crippen molar-refractivity contribution in [1.29, 1.82) is 0 Å². The van der Waals surface area contributed by atoms with Gasteiger partial charge in [-0.2, -0.15) is 0 Å². The van der Waals surface area contributed by atoms with Gasteiger partial charge in [-0.3, -0.25) is 52.2 Å². The number of ether oxygens (including phenoxy) is 5. The maximum atomic E-state index is 14.6. The van der Waals surface area contributed by atoms with Gasteiger partial charge in [0.1, 0.15) is 36.2 Å². The fraction of sp³-hybridized carbons (Fsp3) is 0.892. The molecule has 3 saturated carbocycles. The number of phosphoric acid groups is 1. The Labute approximate surface area is 713 Å². The summed E-state index contributed by atoms with van der Waals surface area (Å²) in [7, 11) is -3.00. The van der Waals surface area contributed by atoms with Crippen molar-refractivity contribution >= 4 is 60.7 Å². The molecule has 0 aromatic heterocycles. The Hall–Kier alpha value is -4.94. The summed E-state index contributed by atoms with van der Waals surface area (Å²) in [6.07, 6.45) is -1.32. The van der Waals surface area contributed by atoms with Crippen molar-refractivity contribution in [3.05, 3.63) is 0 Å². The summed E-state index contributed by atoms with van der Waals surface area (Å²) in [4.78, 5) is 131. The highest BCUT2D eigenvalue weighted by Crippen LogP contribution is 2.42. The van der Waals surface area contributed by atoms with Crippen LogP contribution >= 0.6 is 7.82 Å². The summed E-state index contributed by atoms with van der Waals surface area (Å²) in [5.41, 5.74) is 0. The second-order valence-electron chi connectivity index (χ2n) is 33.4. The zero-order valence-electron chi connectivity index (χ0n) is 72.0. The van der Waals surface area contributed by atoms with Gasteiger partial charge >= 0.3 is 7.82 Å². The van der Waals surface area contributed by atoms with E-state index in [2.05, 4.69) is 41.7 Å². The molecule has 4 fully saturated rings. The molecule has 1 saturated heterocycles. The normalized spacial score (nSPS) is 28.0. The van der Waals surface area contributed by atoms with Crippen LogP contribution in [-0.2, 0) is 80.4 Å². The molecule has 1 aliphatic heterocycles. The molecular formula is C83H150N7O30P. The predicted octanol–water partition coefficient (Wildman–Crippen LogP) is 1.01. The molecule has 1 unspecified atom stereocenters. The smallest absolute Gasteiger partial charge is 0.396 e. The number of hydrogen-bond donors (Lipinski definition) is 20. The number of amides is 7. The predicted molar refractivity (Wildman–Crippen MR) is 440 cm³/mol. The SMILES string of the molecule is COP(=O)(O)OCCCCCCNC(=O)CCCCC(=O)[C@H](CCCCNC(=O)[C@H](CCCCCC(=O)CCCCO[C@@H]1C[C@H](CO)[C@H](O)[C@H](O)[C@H]1NC(C)=O)NC(=O)CCCCO[C@@H]1C[C@H](CO)[C@H](O)[C@H](O)[C@H]1C)NC(=O)[C@H](CCCCNC(=O)CCCCO[C@@H]1C[C@H](CO)[C@H](O)[C@H](O)[C@H]1C)NC(=O)CCCCO[C@@H]1O[C@H](CO)[C@H](O)[C@H](O)[C@H]1C. The van der Waals surface area contributed by atoms with E-state index in [0.29, 0.717) is 142 Å². The third kappa shape index (κ3) is 41.1. The molecule has 1 heterocycles. The number of nitrogens with one attached hydrogen (secondary N) is 7. The maximum Gasteiger partial charge on any atom is 0.471 e. The molecule has 7 amide bonds. The molecule has 24 atom stereocenters. The van der Waals surface area contributed by atoms with Gasteiger partial charge in [0, 0.05) is 160 Å². The van der Waals surface area contributed by atoms with Crippen molar-refractivity contribution in [2.24, 2.45) is 35.5 Å². The molecule has 3 aliphatic carbocycles. The molecule has 0 spiro atoms. The Morgan fingerprint density at radius 3 is 1.29 bits per heavy atom. The molecule has 0 aromatic rings. The van der Waals surface area contributed by atoms with Crippen molar-refractivity contribution in [3.63, 3.8) is 0 Å². The summed E-state index contributed by atoms with van der Waals surface area (Å²) in [5, 5.41) is 143. The zero-order chi connectivity index (χ0) is 89.4. The van der Waals surface area contributed by atoms with E-state index >= 15 is 0 Å². The number of aliphatic hydroxyl groups is 12. The third-order valence-electron chi connectivity index (χ3n) is 23.8. The van der Waals surface area contributed by atoms with Gasteiger partial charge in [0.25, 0.3) is 0 Å². The summed E-state index contributed by atoms with van der Waals surface area (Å²) in [5.74, 6) is -6.33. The van der Waals surface area contributed by atoms with Gasteiger partial charge in [0.15, 0.2) is 12.1 Å². The second-order valence-corrected chi connectivity index (χ2v) is 35.0. The van der Waals surface area contributed by atoms with E-state index < -0.39 is 171 Å². The van der Waals surface area contributed by atoms with Gasteiger partial charge < -0.3 is 127 Å². The summed E-state index contributed by atoms with van der Waals surface area (Å²) in [6.45, 7) is 6.47. The lowest BCUT2D eigenvalue weighted by Gasteiger charge is -2.42. The number of rotatable bonds is 65. The molecule has 0 bridgehead atoms. The first-order chi connectivity index (χ1) is 57.8. The van der Waals surface area contributed by atoms with E-state index in [9.17, 15) is 114 Å². The number of ketones is 2. The topological polar surface area (TPSA) is 583 Å². The highest BCUT2D eigenvalue weighted by molar-refractivity contribution is 7.47. The molecule has 121 heavy (non-hydrogen) atoms. The average molecular weight is 1760 g/mol. The standard InChI is InChI=1S/C83H150N7O30P/c1-52-64(45-56(48-91)76(105)73(52)102)115-40-24-16-34-69(99)85-38-20-14-31-62(89-71(101)36-18-26-43-118-83-54(3)75(104)79(108)67(51-94)120-83)82(111)90-60(63(97)32-11-12-33-68(98)84-37-19-6-7-22-44-119-121(112,113)114-5)29-13-21-39-86-81(110)61(88-70(100)35-17-25-41-116-65-46-57(49-92)77(106)74(103)53(65)2)30-10-8-9-27-59(96)28-15-23-42-117-66-47-58(50-93)78(107)80(109)72(66)87-55(4)95/h52-54,56-58,60-62,64-67,72-80,83,91-94,102-109H,6-51H2,1-5H3,(H,84,98)(H,85,99)(H,86,110)(H,87,95)(H,88,100)(H,89,101)(H,90,111)(H,112,113)/t52-,53-,54+,56+,57+,58+,60-,61-,62-,64+,65+,66+,67+,72-,73+,74+,75+,76-,77-,78-,79-,80+,83+/m0/s1. The van der Waals surface area contributed by atoms with Gasteiger partial charge in [-0.1, -0.05) is 46.5 Å². The van der Waals surface area contributed by atoms with Gasteiger partial charge in [0.05, 0.1) is 80.2 Å². The molecule has 4 rings (SSSR count). The minimum absolute atomic E-state index is 0.0118. The highest BCUT2D eigenvalue weighted by Gasteiger charge is 2.47. The number of phosphoric ester groups is 1. The number of hydrogen-bond acceptors (Lipinski definition) is 29. The molecule has 0 aromatic carbocycles. The van der Waals surface area contributed by atoms with Gasteiger partial charge in [-0.15, -0.1) is 0 Å². The van der Waals surface area contributed by atoms with Crippen LogP contribution in [0.1, 0.15) is 246 Å². The van der Waals surface area contributed by atoms with Crippen molar-refractivity contribution in [2.45, 2.75) is 350 Å². The van der Waals surface area contributed by atoms with Crippen LogP contribution in [0.2, 0.25) is 0 Å². The van der Waals surface area contributed by atoms with E-state index in [1.165, 1.54) is 6.92 Å². The Kier molecular flexibility index (Phi) is 54.4. The number of aliphatic hydroxyl groups excluding tert-OH is 12. The summed E-state index contributed by atoms with van der Waals surface area (Å²) in [6, 6.07) is -4.11. The molecule has 37 nitrogen and oxygen atoms in total. The summed E-state index contributed by atoms with van der Waals surface area (Å²) >= 11 is 0. The molecule has 38 heteroatoms. The van der Waals surface area contributed by atoms with Crippen LogP contribution in [0.4, 0.5) is 0 Å². The molecule has 20 N–H and O–H groups in total. The summed E-state index contributed by atoms with van der Waals surface area (Å²) < 4.78 is 50.4. The van der Waals surface area contributed by atoms with Crippen molar-refractivity contribution < 1.29 is 147 Å². The number of carbonyl (C=O) groups is 9. The fourth-order valence-corrected chi connectivity index (χ4v) is 16.3. The van der Waals surface area contributed by atoms with Crippen LogP contribution in [0, 0.1) is 35.5 Å². The lowest BCUT2D eigenvalue weighted by atomic mass is 9.77. The van der Waals surface area contributed by atoms with E-state index in [1.807, 2.05) is 0 Å². The zero-order valence-corrected chi connectivity index (χ0v) is 72.9. The Morgan fingerprint density at radius 2 is 0.785 bits per heavy atom. The lowest BCUT2D eigenvalue weighted by Crippen LogP contribution is -2.61. The van der Waals surface area contributed by atoms with E-state index in [-0.39, 0.29) is 185 Å². The van der Waals surface area contributed by atoms with Gasteiger partial charge in [0.2, 0.25) is 41.4 Å². The number of carbonyl (C=O) groups excluding carboxylic acids is 9. The van der Waals surface area contributed by atoms with Crippen molar-refractivity contribution in [2.75, 3.05) is 86.2 Å². The van der Waals surface area contributed by atoms with Crippen LogP contribution in [0.25, 0.3) is 0 Å². The van der Waals surface area contributed by atoms with Crippen LogP contribution in [0.3, 0.4) is 0 Å². The molecule has 4 aliphatic rings. The molecule has 0 radical (unpaired) electrons. The average Bonchev–Trinajstić information content (AvgIpc) is 0.827. The first-order valence-electron chi connectivity index (χ1n) is 44.4. The van der Waals surface area contributed by atoms with Crippen LogP contribution in [0.5, 0.6) is 0 Å². The largest absolute Gasteiger partial charge is 0.471 e. The Bertz CT molecular complexity index is 3020. The quantitative estimate of drug-likeness (QED) is 0.0298.